The number of hydrogen-bond acceptors (Lipinski definition) is 7. The van der Waals surface area contributed by atoms with Crippen molar-refractivity contribution in [2.75, 3.05) is 21.3 Å². The molecule has 3 amide bonds. The molecule has 11 heteroatoms. The van der Waals surface area contributed by atoms with Gasteiger partial charge in [0.25, 0.3) is 5.91 Å². The minimum Gasteiger partial charge on any atom is -0.325 e. The number of carbonyl (C=O) groups is 3. The number of benzene rings is 2. The minimum atomic E-state index is -0.427. The Hall–Kier alpha value is -3.31. The highest BCUT2D eigenvalue weighted by Gasteiger charge is 2.34. The van der Waals surface area contributed by atoms with Crippen LogP contribution in [0.15, 0.2) is 52.9 Å². The van der Waals surface area contributed by atoms with Crippen molar-refractivity contribution in [3.8, 4) is 0 Å². The summed E-state index contributed by atoms with van der Waals surface area (Å²) >= 11 is 2.48. The highest BCUT2D eigenvalue weighted by molar-refractivity contribution is 8.01. The van der Waals surface area contributed by atoms with Crippen molar-refractivity contribution in [1.82, 2.24) is 10.2 Å². The van der Waals surface area contributed by atoms with Crippen molar-refractivity contribution < 1.29 is 18.8 Å². The molecule has 0 saturated heterocycles. The van der Waals surface area contributed by atoms with E-state index < -0.39 is 11.7 Å². The van der Waals surface area contributed by atoms with Crippen LogP contribution in [0.5, 0.6) is 0 Å². The molecule has 0 unspecified atom stereocenters. The van der Waals surface area contributed by atoms with Crippen LogP contribution in [0.2, 0.25) is 0 Å². The molecule has 0 spiro atoms. The van der Waals surface area contributed by atoms with Crippen molar-refractivity contribution in [1.29, 1.82) is 0 Å². The van der Waals surface area contributed by atoms with Crippen LogP contribution in [0.1, 0.15) is 30.1 Å². The highest BCUT2D eigenvalue weighted by Crippen LogP contribution is 2.35. The van der Waals surface area contributed by atoms with Gasteiger partial charge in [-0.2, -0.15) is 0 Å². The third-order valence-corrected chi connectivity index (χ3v) is 6.78. The molecule has 4 rings (SSSR count). The van der Waals surface area contributed by atoms with Gasteiger partial charge in [0.2, 0.25) is 16.9 Å². The molecule has 1 heterocycles. The second-order valence-corrected chi connectivity index (χ2v) is 9.49. The van der Waals surface area contributed by atoms with Gasteiger partial charge in [-0.3, -0.25) is 19.3 Å². The SMILES string of the molecule is CC(=O)N(c1nnc(SCC(=O)Nc2ccccc2C(=O)Nc2ccc(F)cc2)s1)C1CC1. The lowest BCUT2D eigenvalue weighted by Crippen LogP contribution is -2.30. The van der Waals surface area contributed by atoms with E-state index in [0.717, 1.165) is 12.8 Å². The number of amides is 3. The molecule has 0 radical (unpaired) electrons. The number of rotatable bonds is 8. The topological polar surface area (TPSA) is 104 Å². The van der Waals surface area contributed by atoms with E-state index in [1.807, 2.05) is 0 Å². The Balaban J connectivity index is 1.36. The van der Waals surface area contributed by atoms with E-state index in [2.05, 4.69) is 20.8 Å². The van der Waals surface area contributed by atoms with Crippen LogP contribution in [0.3, 0.4) is 0 Å². The predicted octanol–water partition coefficient (Wildman–Crippen LogP) is 4.18. The van der Waals surface area contributed by atoms with Crippen molar-refractivity contribution in [3.05, 3.63) is 59.9 Å². The molecule has 1 aliphatic rings. The van der Waals surface area contributed by atoms with E-state index in [9.17, 15) is 18.8 Å². The first-order valence-corrected chi connectivity index (χ1v) is 11.9. The highest BCUT2D eigenvalue weighted by atomic mass is 32.2. The summed E-state index contributed by atoms with van der Waals surface area (Å²) in [6.07, 6.45) is 1.91. The standard InChI is InChI=1S/C22H20FN5O3S2/c1-13(29)28(16-10-11-16)21-26-27-22(33-21)32-12-19(30)25-18-5-3-2-4-17(18)20(31)24-15-8-6-14(23)7-9-15/h2-9,16H,10-12H2,1H3,(H,24,31)(H,25,30). The molecule has 0 aliphatic heterocycles. The van der Waals surface area contributed by atoms with Crippen molar-refractivity contribution in [2.24, 2.45) is 0 Å². The molecule has 1 aliphatic carbocycles. The molecular weight excluding hydrogens is 465 g/mol. The monoisotopic (exact) mass is 485 g/mol. The first-order valence-electron chi connectivity index (χ1n) is 10.1. The first-order chi connectivity index (χ1) is 15.9. The van der Waals surface area contributed by atoms with Crippen molar-refractivity contribution in [3.63, 3.8) is 0 Å². The molecule has 1 fully saturated rings. The maximum absolute atomic E-state index is 13.1. The second kappa shape index (κ2) is 10.1. The molecule has 33 heavy (non-hydrogen) atoms. The van der Waals surface area contributed by atoms with E-state index in [4.69, 9.17) is 0 Å². The van der Waals surface area contributed by atoms with Crippen molar-refractivity contribution in [2.45, 2.75) is 30.1 Å². The average molecular weight is 486 g/mol. The van der Waals surface area contributed by atoms with E-state index in [0.29, 0.717) is 20.8 Å². The van der Waals surface area contributed by atoms with Crippen LogP contribution >= 0.6 is 23.1 Å². The number of nitrogens with one attached hydrogen (secondary N) is 2. The zero-order valence-corrected chi connectivity index (χ0v) is 19.2. The molecule has 0 atom stereocenters. The lowest BCUT2D eigenvalue weighted by Gasteiger charge is -2.15. The van der Waals surface area contributed by atoms with Crippen LogP contribution in [0, 0.1) is 5.82 Å². The van der Waals surface area contributed by atoms with Crippen LogP contribution < -0.4 is 15.5 Å². The van der Waals surface area contributed by atoms with E-state index >= 15 is 0 Å². The summed E-state index contributed by atoms with van der Waals surface area (Å²) < 4.78 is 13.7. The third-order valence-electron chi connectivity index (χ3n) is 4.73. The van der Waals surface area contributed by atoms with Gasteiger partial charge in [-0.15, -0.1) is 10.2 Å². The van der Waals surface area contributed by atoms with Crippen LogP contribution in [0.25, 0.3) is 0 Å². The number of aromatic nitrogens is 2. The van der Waals surface area contributed by atoms with Gasteiger partial charge in [0.15, 0.2) is 4.34 Å². The number of halogens is 1. The molecule has 0 bridgehead atoms. The van der Waals surface area contributed by atoms with Crippen molar-refractivity contribution >= 4 is 57.3 Å². The predicted molar refractivity (Wildman–Crippen MR) is 126 cm³/mol. The van der Waals surface area contributed by atoms with Crippen LogP contribution in [-0.4, -0.2) is 39.7 Å². The first kappa shape index (κ1) is 22.9. The summed E-state index contributed by atoms with van der Waals surface area (Å²) in [4.78, 5) is 38.7. The lowest BCUT2D eigenvalue weighted by molar-refractivity contribution is -0.116. The van der Waals surface area contributed by atoms with Gasteiger partial charge in [0, 0.05) is 18.7 Å². The summed E-state index contributed by atoms with van der Waals surface area (Å²) in [5.74, 6) is -1.15. The molecule has 3 aromatic rings. The Kier molecular flexibility index (Phi) is 6.99. The summed E-state index contributed by atoms with van der Waals surface area (Å²) in [7, 11) is 0. The zero-order valence-electron chi connectivity index (χ0n) is 17.6. The molecule has 1 saturated carbocycles. The molecule has 170 valence electrons. The smallest absolute Gasteiger partial charge is 0.257 e. The van der Waals surface area contributed by atoms with E-state index in [1.54, 1.807) is 29.2 Å². The fourth-order valence-electron chi connectivity index (χ4n) is 3.07. The Morgan fingerprint density at radius 3 is 2.52 bits per heavy atom. The quantitative estimate of drug-likeness (QED) is 0.367. The van der Waals surface area contributed by atoms with E-state index in [-0.39, 0.29) is 29.2 Å². The number of anilines is 3. The second-order valence-electron chi connectivity index (χ2n) is 7.31. The van der Waals surface area contributed by atoms with Gasteiger partial charge >= 0.3 is 0 Å². The summed E-state index contributed by atoms with van der Waals surface area (Å²) in [6, 6.07) is 12.2. The van der Waals surface area contributed by atoms with Gasteiger partial charge in [-0.05, 0) is 49.2 Å². The molecule has 8 nitrogen and oxygen atoms in total. The Bertz CT molecular complexity index is 1180. The van der Waals surface area contributed by atoms with Crippen LogP contribution in [0.4, 0.5) is 20.9 Å². The Morgan fingerprint density at radius 2 is 1.82 bits per heavy atom. The van der Waals surface area contributed by atoms with Gasteiger partial charge in [-0.1, -0.05) is 35.2 Å². The molecule has 2 N–H and O–H groups in total. The molecular formula is C22H20FN5O3S2. The number of hydrogen-bond donors (Lipinski definition) is 2. The molecule has 1 aromatic heterocycles. The summed E-state index contributed by atoms with van der Waals surface area (Å²) in [5.41, 5.74) is 1.08. The summed E-state index contributed by atoms with van der Waals surface area (Å²) in [6.45, 7) is 1.50. The number of carbonyl (C=O) groups excluding carboxylic acids is 3. The van der Waals surface area contributed by atoms with Crippen LogP contribution in [-0.2, 0) is 9.59 Å². The van der Waals surface area contributed by atoms with Gasteiger partial charge in [-0.25, -0.2) is 4.39 Å². The Labute approximate surface area is 197 Å². The van der Waals surface area contributed by atoms with Gasteiger partial charge in [0.05, 0.1) is 17.0 Å². The lowest BCUT2D eigenvalue weighted by atomic mass is 10.1. The zero-order chi connectivity index (χ0) is 23.4. The van der Waals surface area contributed by atoms with Gasteiger partial charge < -0.3 is 10.6 Å². The van der Waals surface area contributed by atoms with Gasteiger partial charge in [0.1, 0.15) is 5.82 Å². The fourth-order valence-corrected chi connectivity index (χ4v) is 4.83. The minimum absolute atomic E-state index is 0.0616. The Morgan fingerprint density at radius 1 is 1.09 bits per heavy atom. The number of nitrogens with zero attached hydrogens (tertiary/aromatic N) is 3. The maximum Gasteiger partial charge on any atom is 0.257 e. The maximum atomic E-state index is 13.1. The number of para-hydroxylation sites is 1. The average Bonchev–Trinajstić information content (AvgIpc) is 3.51. The number of thioether (sulfide) groups is 1. The summed E-state index contributed by atoms with van der Waals surface area (Å²) in [5, 5.41) is 14.1. The fraction of sp³-hybridized carbons (Fsp3) is 0.227. The molecule has 2 aromatic carbocycles. The largest absolute Gasteiger partial charge is 0.325 e. The third kappa shape index (κ3) is 5.93. The van der Waals surface area contributed by atoms with E-state index in [1.165, 1.54) is 54.3 Å². The normalized spacial score (nSPS) is 12.8.